The fraction of sp³-hybridized carbons (Fsp3) is 0.125. The van der Waals surface area contributed by atoms with Gasteiger partial charge in [0.15, 0.2) is 0 Å². The minimum Gasteiger partial charge on any atom is -0.376 e. The quantitative estimate of drug-likeness (QED) is 0.759. The van der Waals surface area contributed by atoms with E-state index >= 15 is 0 Å². The molecule has 1 N–H and O–H groups in total. The van der Waals surface area contributed by atoms with Gasteiger partial charge < -0.3 is 5.11 Å². The Balaban J connectivity index is 2.14. The molecule has 2 heteroatoms. The Morgan fingerprint density at radius 1 is 1.00 bits per heavy atom. The van der Waals surface area contributed by atoms with Crippen LogP contribution in [0.4, 0.5) is 4.39 Å². The van der Waals surface area contributed by atoms with Crippen molar-refractivity contribution in [3.05, 3.63) is 71.0 Å². The van der Waals surface area contributed by atoms with Gasteiger partial charge in [0.25, 0.3) is 0 Å². The summed E-state index contributed by atoms with van der Waals surface area (Å²) in [5, 5.41) is 9.83. The molecule has 2 aromatic rings. The molecular formula is C16H13FO. The number of hydrogen-bond acceptors (Lipinski definition) is 1. The number of hydrogen-bond donors (Lipinski definition) is 1. The van der Waals surface area contributed by atoms with E-state index in [0.717, 1.165) is 5.56 Å². The summed E-state index contributed by atoms with van der Waals surface area (Å²) in [4.78, 5) is 0. The molecule has 0 aliphatic carbocycles. The minimum atomic E-state index is -0.896. The molecule has 0 saturated heterocycles. The molecule has 18 heavy (non-hydrogen) atoms. The lowest BCUT2D eigenvalue weighted by Crippen LogP contribution is -1.93. The van der Waals surface area contributed by atoms with Crippen molar-refractivity contribution >= 4 is 0 Å². The number of rotatable bonds is 1. The van der Waals surface area contributed by atoms with Crippen molar-refractivity contribution in [3.8, 4) is 11.8 Å². The summed E-state index contributed by atoms with van der Waals surface area (Å²) in [7, 11) is 0. The molecule has 90 valence electrons. The van der Waals surface area contributed by atoms with Gasteiger partial charge in [0, 0.05) is 5.56 Å². The summed E-state index contributed by atoms with van der Waals surface area (Å²) in [6, 6.07) is 13.4. The van der Waals surface area contributed by atoms with Gasteiger partial charge in [-0.1, -0.05) is 41.7 Å². The average molecular weight is 240 g/mol. The maximum Gasteiger partial charge on any atom is 0.140 e. The molecule has 0 aliphatic rings. The van der Waals surface area contributed by atoms with Crippen molar-refractivity contribution in [1.82, 2.24) is 0 Å². The smallest absolute Gasteiger partial charge is 0.140 e. The normalized spacial score (nSPS) is 11.5. The number of aliphatic hydroxyl groups is 1. The van der Waals surface area contributed by atoms with Gasteiger partial charge in [-0.25, -0.2) is 4.39 Å². The SMILES string of the molecule is Cc1ccc(C#CC(O)c2ccc(F)cc2)cc1. The van der Waals surface area contributed by atoms with Crippen molar-refractivity contribution < 1.29 is 9.50 Å². The second-order valence-electron chi connectivity index (χ2n) is 4.09. The summed E-state index contributed by atoms with van der Waals surface area (Å²) in [5.41, 5.74) is 2.61. The van der Waals surface area contributed by atoms with Gasteiger partial charge in [0.05, 0.1) is 0 Å². The monoisotopic (exact) mass is 240 g/mol. The number of benzene rings is 2. The van der Waals surface area contributed by atoms with Crippen molar-refractivity contribution in [1.29, 1.82) is 0 Å². The van der Waals surface area contributed by atoms with Crippen molar-refractivity contribution in [3.63, 3.8) is 0 Å². The molecule has 1 unspecified atom stereocenters. The van der Waals surface area contributed by atoms with Gasteiger partial charge in [-0.05, 0) is 36.8 Å². The van der Waals surface area contributed by atoms with E-state index in [2.05, 4.69) is 11.8 Å². The Hall–Kier alpha value is -2.11. The molecule has 0 spiro atoms. The Kier molecular flexibility index (Phi) is 3.76. The number of aliphatic hydroxyl groups excluding tert-OH is 1. The molecular weight excluding hydrogens is 227 g/mol. The summed E-state index contributed by atoms with van der Waals surface area (Å²) in [5.74, 6) is 5.31. The molecule has 1 nitrogen and oxygen atoms in total. The van der Waals surface area contributed by atoms with Crippen molar-refractivity contribution in [2.45, 2.75) is 13.0 Å². The van der Waals surface area contributed by atoms with Gasteiger partial charge >= 0.3 is 0 Å². The fourth-order valence-electron chi connectivity index (χ4n) is 1.52. The van der Waals surface area contributed by atoms with Crippen LogP contribution in [0, 0.1) is 24.6 Å². The van der Waals surface area contributed by atoms with Crippen LogP contribution in [0.2, 0.25) is 0 Å². The van der Waals surface area contributed by atoms with Gasteiger partial charge in [-0.15, -0.1) is 0 Å². The molecule has 0 saturated carbocycles. The summed E-state index contributed by atoms with van der Waals surface area (Å²) >= 11 is 0. The molecule has 1 atom stereocenters. The highest BCUT2D eigenvalue weighted by Crippen LogP contribution is 2.12. The van der Waals surface area contributed by atoms with E-state index in [1.54, 1.807) is 0 Å². The minimum absolute atomic E-state index is 0.322. The van der Waals surface area contributed by atoms with Gasteiger partial charge in [-0.2, -0.15) is 0 Å². The molecule has 2 rings (SSSR count). The average Bonchev–Trinajstić information content (AvgIpc) is 2.38. The van der Waals surface area contributed by atoms with Crippen LogP contribution < -0.4 is 0 Å². The van der Waals surface area contributed by atoms with E-state index in [1.165, 1.54) is 29.8 Å². The first-order valence-electron chi connectivity index (χ1n) is 5.67. The zero-order valence-corrected chi connectivity index (χ0v) is 10.0. The van der Waals surface area contributed by atoms with E-state index in [-0.39, 0.29) is 5.82 Å². The van der Waals surface area contributed by atoms with E-state index in [9.17, 15) is 9.50 Å². The third-order valence-electron chi connectivity index (χ3n) is 2.59. The third-order valence-corrected chi connectivity index (χ3v) is 2.59. The predicted octanol–water partition coefficient (Wildman–Crippen LogP) is 3.22. The van der Waals surface area contributed by atoms with Crippen LogP contribution in [-0.2, 0) is 0 Å². The maximum atomic E-state index is 12.7. The van der Waals surface area contributed by atoms with Crippen LogP contribution in [0.5, 0.6) is 0 Å². The Morgan fingerprint density at radius 3 is 2.22 bits per heavy atom. The van der Waals surface area contributed by atoms with Crippen LogP contribution in [0.25, 0.3) is 0 Å². The molecule has 0 bridgehead atoms. The standard InChI is InChI=1S/C16H13FO/c1-12-2-4-13(5-3-12)6-11-16(18)14-7-9-15(17)10-8-14/h2-5,7-10,16,18H,1H3. The van der Waals surface area contributed by atoms with Crippen molar-refractivity contribution in [2.75, 3.05) is 0 Å². The summed E-state index contributed by atoms with van der Waals surface area (Å²) in [6.45, 7) is 2.00. The van der Waals surface area contributed by atoms with Gasteiger partial charge in [0.2, 0.25) is 0 Å². The first-order chi connectivity index (χ1) is 8.65. The van der Waals surface area contributed by atoms with Crippen LogP contribution in [-0.4, -0.2) is 5.11 Å². The van der Waals surface area contributed by atoms with Crippen LogP contribution >= 0.6 is 0 Å². The molecule has 2 aromatic carbocycles. The largest absolute Gasteiger partial charge is 0.376 e. The van der Waals surface area contributed by atoms with Crippen LogP contribution in [0.3, 0.4) is 0 Å². The lowest BCUT2D eigenvalue weighted by Gasteiger charge is -2.02. The van der Waals surface area contributed by atoms with E-state index in [1.807, 2.05) is 31.2 Å². The highest BCUT2D eigenvalue weighted by atomic mass is 19.1. The van der Waals surface area contributed by atoms with Crippen LogP contribution in [0.15, 0.2) is 48.5 Å². The molecule has 0 aliphatic heterocycles. The first-order valence-corrected chi connectivity index (χ1v) is 5.67. The molecule has 0 fully saturated rings. The highest BCUT2D eigenvalue weighted by molar-refractivity contribution is 5.38. The van der Waals surface area contributed by atoms with E-state index in [4.69, 9.17) is 0 Å². The first kappa shape index (κ1) is 12.3. The lowest BCUT2D eigenvalue weighted by molar-refractivity contribution is 0.238. The van der Waals surface area contributed by atoms with E-state index in [0.29, 0.717) is 5.56 Å². The highest BCUT2D eigenvalue weighted by Gasteiger charge is 2.02. The summed E-state index contributed by atoms with van der Waals surface area (Å²) < 4.78 is 12.7. The molecule has 0 aromatic heterocycles. The number of aryl methyl sites for hydroxylation is 1. The Labute approximate surface area is 106 Å². The van der Waals surface area contributed by atoms with Crippen molar-refractivity contribution in [2.24, 2.45) is 0 Å². The summed E-state index contributed by atoms with van der Waals surface area (Å²) in [6.07, 6.45) is -0.896. The second kappa shape index (κ2) is 5.48. The van der Waals surface area contributed by atoms with Gasteiger partial charge in [-0.3, -0.25) is 0 Å². The Bertz CT molecular complexity index is 573. The predicted molar refractivity (Wildman–Crippen MR) is 69.4 cm³/mol. The zero-order chi connectivity index (χ0) is 13.0. The lowest BCUT2D eigenvalue weighted by atomic mass is 10.1. The Morgan fingerprint density at radius 2 is 1.61 bits per heavy atom. The van der Waals surface area contributed by atoms with E-state index < -0.39 is 6.10 Å². The third kappa shape index (κ3) is 3.19. The zero-order valence-electron chi connectivity index (χ0n) is 10.0. The molecule has 0 radical (unpaired) electrons. The topological polar surface area (TPSA) is 20.2 Å². The molecule has 0 amide bonds. The maximum absolute atomic E-state index is 12.7. The van der Waals surface area contributed by atoms with Gasteiger partial charge in [0.1, 0.15) is 11.9 Å². The fourth-order valence-corrected chi connectivity index (χ4v) is 1.52. The number of halogens is 1. The van der Waals surface area contributed by atoms with Crippen LogP contribution in [0.1, 0.15) is 22.8 Å². The molecule has 0 heterocycles. The second-order valence-corrected chi connectivity index (χ2v) is 4.09.